The lowest BCUT2D eigenvalue weighted by Gasteiger charge is -2.04. The summed E-state index contributed by atoms with van der Waals surface area (Å²) in [6.07, 6.45) is 7.26. The molecule has 3 heteroatoms. The highest BCUT2D eigenvalue weighted by molar-refractivity contribution is 5.99. The quantitative estimate of drug-likeness (QED) is 0.407. The van der Waals surface area contributed by atoms with Gasteiger partial charge in [-0.15, -0.1) is 0 Å². The standard InChI is InChI=1S/C18H28N2O/c1-4-6-7-8-10-18(21)20-19-15(3)17-13-11-16(9-5-2)12-14-17/h11-14H,4-10H2,1-3H3,(H,20,21)/b19-15+. The first-order valence-corrected chi connectivity index (χ1v) is 8.09. The molecule has 0 aromatic heterocycles. The summed E-state index contributed by atoms with van der Waals surface area (Å²) >= 11 is 0. The highest BCUT2D eigenvalue weighted by Crippen LogP contribution is 2.08. The lowest BCUT2D eigenvalue weighted by atomic mass is 10.1. The van der Waals surface area contributed by atoms with E-state index in [1.54, 1.807) is 0 Å². The van der Waals surface area contributed by atoms with Crippen molar-refractivity contribution in [1.29, 1.82) is 0 Å². The maximum Gasteiger partial charge on any atom is 0.240 e. The molecule has 0 spiro atoms. The fourth-order valence-electron chi connectivity index (χ4n) is 2.18. The van der Waals surface area contributed by atoms with Crippen molar-refractivity contribution in [3.8, 4) is 0 Å². The number of hydrazone groups is 1. The van der Waals surface area contributed by atoms with Gasteiger partial charge < -0.3 is 0 Å². The van der Waals surface area contributed by atoms with Gasteiger partial charge in [0.25, 0.3) is 0 Å². The number of carbonyl (C=O) groups is 1. The number of benzene rings is 1. The Labute approximate surface area is 128 Å². The summed E-state index contributed by atoms with van der Waals surface area (Å²) < 4.78 is 0. The van der Waals surface area contributed by atoms with E-state index in [-0.39, 0.29) is 5.91 Å². The predicted octanol–water partition coefficient (Wildman–Crippen LogP) is 4.45. The molecule has 21 heavy (non-hydrogen) atoms. The smallest absolute Gasteiger partial charge is 0.240 e. The zero-order chi connectivity index (χ0) is 15.5. The fourth-order valence-corrected chi connectivity index (χ4v) is 2.18. The second-order valence-corrected chi connectivity index (χ2v) is 5.49. The molecule has 0 saturated carbocycles. The first kappa shape index (κ1) is 17.4. The van der Waals surface area contributed by atoms with Crippen molar-refractivity contribution < 1.29 is 4.79 Å². The zero-order valence-electron chi connectivity index (χ0n) is 13.6. The summed E-state index contributed by atoms with van der Waals surface area (Å²) in [6, 6.07) is 8.39. The van der Waals surface area contributed by atoms with Gasteiger partial charge in [-0.1, -0.05) is 63.8 Å². The molecule has 0 heterocycles. The molecule has 1 aromatic carbocycles. The number of nitrogens with one attached hydrogen (secondary N) is 1. The number of aryl methyl sites for hydroxylation is 1. The van der Waals surface area contributed by atoms with Gasteiger partial charge >= 0.3 is 0 Å². The topological polar surface area (TPSA) is 41.5 Å². The molecule has 0 fully saturated rings. The fraction of sp³-hybridized carbons (Fsp3) is 0.556. The maximum atomic E-state index is 11.7. The molecule has 1 aromatic rings. The van der Waals surface area contributed by atoms with Crippen molar-refractivity contribution in [2.75, 3.05) is 0 Å². The van der Waals surface area contributed by atoms with E-state index >= 15 is 0 Å². The molecule has 1 N–H and O–H groups in total. The predicted molar refractivity (Wildman–Crippen MR) is 89.5 cm³/mol. The van der Waals surface area contributed by atoms with Crippen molar-refractivity contribution in [1.82, 2.24) is 5.43 Å². The van der Waals surface area contributed by atoms with Crippen LogP contribution in [0.25, 0.3) is 0 Å². The van der Waals surface area contributed by atoms with Crippen LogP contribution in [0.3, 0.4) is 0 Å². The van der Waals surface area contributed by atoms with Gasteiger partial charge in [0, 0.05) is 6.42 Å². The van der Waals surface area contributed by atoms with E-state index in [0.29, 0.717) is 6.42 Å². The Morgan fingerprint density at radius 3 is 2.38 bits per heavy atom. The molecular formula is C18H28N2O. The number of amides is 1. The van der Waals surface area contributed by atoms with E-state index in [1.165, 1.54) is 18.4 Å². The van der Waals surface area contributed by atoms with Crippen LogP contribution in [0.4, 0.5) is 0 Å². The van der Waals surface area contributed by atoms with Crippen molar-refractivity contribution in [2.45, 2.75) is 65.7 Å². The van der Waals surface area contributed by atoms with Gasteiger partial charge in [0.15, 0.2) is 0 Å². The highest BCUT2D eigenvalue weighted by Gasteiger charge is 2.01. The Bertz CT molecular complexity index is 449. The second kappa shape index (κ2) is 10.1. The normalized spacial score (nSPS) is 11.5. The Kier molecular flexibility index (Phi) is 8.41. The maximum absolute atomic E-state index is 11.7. The van der Waals surface area contributed by atoms with Crippen LogP contribution in [0.15, 0.2) is 29.4 Å². The lowest BCUT2D eigenvalue weighted by molar-refractivity contribution is -0.121. The molecule has 116 valence electrons. The number of carbonyl (C=O) groups excluding carboxylic acids is 1. The molecule has 0 aliphatic carbocycles. The second-order valence-electron chi connectivity index (χ2n) is 5.49. The lowest BCUT2D eigenvalue weighted by Crippen LogP contribution is -2.18. The minimum absolute atomic E-state index is 0.00746. The zero-order valence-corrected chi connectivity index (χ0v) is 13.6. The first-order valence-electron chi connectivity index (χ1n) is 8.09. The van der Waals surface area contributed by atoms with E-state index in [2.05, 4.69) is 48.6 Å². The Hall–Kier alpha value is -1.64. The van der Waals surface area contributed by atoms with Crippen LogP contribution >= 0.6 is 0 Å². The molecule has 0 radical (unpaired) electrons. The molecule has 0 bridgehead atoms. The molecule has 0 aliphatic heterocycles. The molecule has 3 nitrogen and oxygen atoms in total. The van der Waals surface area contributed by atoms with Crippen LogP contribution in [0, 0.1) is 0 Å². The highest BCUT2D eigenvalue weighted by atomic mass is 16.2. The summed E-state index contributed by atoms with van der Waals surface area (Å²) in [5.74, 6) is 0.00746. The van der Waals surface area contributed by atoms with Crippen molar-refractivity contribution in [3.05, 3.63) is 35.4 Å². The molecule has 1 amide bonds. The summed E-state index contributed by atoms with van der Waals surface area (Å²) in [7, 11) is 0. The van der Waals surface area contributed by atoms with Gasteiger partial charge in [0.1, 0.15) is 0 Å². The van der Waals surface area contributed by atoms with Crippen LogP contribution in [0.2, 0.25) is 0 Å². The van der Waals surface area contributed by atoms with E-state index in [9.17, 15) is 4.79 Å². The van der Waals surface area contributed by atoms with Gasteiger partial charge in [0.05, 0.1) is 5.71 Å². The number of hydrogen-bond donors (Lipinski definition) is 1. The number of rotatable bonds is 9. The van der Waals surface area contributed by atoms with Crippen LogP contribution < -0.4 is 5.43 Å². The molecule has 0 atom stereocenters. The number of hydrogen-bond acceptors (Lipinski definition) is 2. The van der Waals surface area contributed by atoms with Gasteiger partial charge in [-0.3, -0.25) is 4.79 Å². The van der Waals surface area contributed by atoms with Crippen molar-refractivity contribution in [3.63, 3.8) is 0 Å². The van der Waals surface area contributed by atoms with E-state index in [1.807, 2.05) is 6.92 Å². The Morgan fingerprint density at radius 1 is 1.05 bits per heavy atom. The number of nitrogens with zero attached hydrogens (tertiary/aromatic N) is 1. The third-order valence-electron chi connectivity index (χ3n) is 3.52. The summed E-state index contributed by atoms with van der Waals surface area (Å²) in [4.78, 5) is 11.7. The average Bonchev–Trinajstić information content (AvgIpc) is 2.50. The Balaban J connectivity index is 2.42. The minimum Gasteiger partial charge on any atom is -0.273 e. The van der Waals surface area contributed by atoms with Crippen LogP contribution in [0.1, 0.15) is 70.4 Å². The van der Waals surface area contributed by atoms with Crippen molar-refractivity contribution in [2.24, 2.45) is 5.10 Å². The molecular weight excluding hydrogens is 260 g/mol. The van der Waals surface area contributed by atoms with Crippen LogP contribution in [0.5, 0.6) is 0 Å². The largest absolute Gasteiger partial charge is 0.273 e. The van der Waals surface area contributed by atoms with Gasteiger partial charge in [0.2, 0.25) is 5.91 Å². The molecule has 0 unspecified atom stereocenters. The van der Waals surface area contributed by atoms with Crippen molar-refractivity contribution >= 4 is 11.6 Å². The van der Waals surface area contributed by atoms with Crippen LogP contribution in [-0.4, -0.2) is 11.6 Å². The Morgan fingerprint density at radius 2 is 1.76 bits per heavy atom. The third-order valence-corrected chi connectivity index (χ3v) is 3.52. The average molecular weight is 288 g/mol. The molecule has 0 aliphatic rings. The van der Waals surface area contributed by atoms with Gasteiger partial charge in [-0.25, -0.2) is 5.43 Å². The van der Waals surface area contributed by atoms with Gasteiger partial charge in [-0.05, 0) is 30.9 Å². The summed E-state index contributed by atoms with van der Waals surface area (Å²) in [5, 5.41) is 4.19. The van der Waals surface area contributed by atoms with Crippen LogP contribution in [-0.2, 0) is 11.2 Å². The SMILES string of the molecule is CCCCCCC(=O)N/N=C(\C)c1ccc(CCC)cc1. The van der Waals surface area contributed by atoms with Gasteiger partial charge in [-0.2, -0.15) is 5.10 Å². The van der Waals surface area contributed by atoms with E-state index < -0.39 is 0 Å². The summed E-state index contributed by atoms with van der Waals surface area (Å²) in [5.41, 5.74) is 5.89. The van der Waals surface area contributed by atoms with E-state index in [0.717, 1.165) is 37.0 Å². The minimum atomic E-state index is 0.00746. The number of unbranched alkanes of at least 4 members (excludes halogenated alkanes) is 3. The third kappa shape index (κ3) is 7.07. The monoisotopic (exact) mass is 288 g/mol. The molecule has 0 saturated heterocycles. The molecule has 1 rings (SSSR count). The summed E-state index contributed by atoms with van der Waals surface area (Å²) in [6.45, 7) is 6.27. The first-order chi connectivity index (χ1) is 10.2. The van der Waals surface area contributed by atoms with E-state index in [4.69, 9.17) is 0 Å².